The Morgan fingerprint density at radius 3 is 2.48 bits per heavy atom. The fraction of sp³-hybridized carbons (Fsp3) is 0.471. The van der Waals surface area contributed by atoms with E-state index in [1.54, 1.807) is 0 Å². The van der Waals surface area contributed by atoms with Crippen LogP contribution in [0.3, 0.4) is 0 Å². The van der Waals surface area contributed by atoms with Crippen LogP contribution in [0.25, 0.3) is 5.69 Å². The molecule has 132 valence electrons. The molecule has 2 aromatic rings. The second-order valence-electron chi connectivity index (χ2n) is 6.46. The third-order valence-electron chi connectivity index (χ3n) is 4.40. The number of benzene rings is 1. The molecule has 1 saturated heterocycles. The lowest BCUT2D eigenvalue weighted by Crippen LogP contribution is -2.37. The first-order valence-electron chi connectivity index (χ1n) is 8.26. The van der Waals surface area contributed by atoms with Crippen LogP contribution in [0, 0.1) is 25.2 Å². The highest BCUT2D eigenvalue weighted by molar-refractivity contribution is 7.91. The molecule has 0 amide bonds. The van der Waals surface area contributed by atoms with Gasteiger partial charge in [0.25, 0.3) is 0 Å². The molecule has 0 aliphatic carbocycles. The van der Waals surface area contributed by atoms with Gasteiger partial charge in [-0.2, -0.15) is 5.26 Å². The molecule has 3 rings (SSSR count). The standard InChI is InChI=1S/C17H21N5O2S/c1-4-21(14-5-6-25(23,24)11-14)17-16(10-18)19-22(20-17)15-8-12(2)7-13(3)9-15/h7-9,14H,4-6,11H2,1-3H3. The van der Waals surface area contributed by atoms with Gasteiger partial charge in [-0.3, -0.25) is 0 Å². The van der Waals surface area contributed by atoms with Crippen LogP contribution in [0.15, 0.2) is 18.2 Å². The molecule has 0 radical (unpaired) electrons. The molecule has 2 heterocycles. The Bertz CT molecular complexity index is 922. The van der Waals surface area contributed by atoms with Crippen molar-refractivity contribution < 1.29 is 8.42 Å². The highest BCUT2D eigenvalue weighted by Gasteiger charge is 2.34. The van der Waals surface area contributed by atoms with Crippen molar-refractivity contribution in [3.05, 3.63) is 35.0 Å². The maximum atomic E-state index is 11.8. The Balaban J connectivity index is 2.01. The summed E-state index contributed by atoms with van der Waals surface area (Å²) in [7, 11) is -3.01. The van der Waals surface area contributed by atoms with Gasteiger partial charge in [-0.15, -0.1) is 15.0 Å². The highest BCUT2D eigenvalue weighted by Crippen LogP contribution is 2.25. The van der Waals surface area contributed by atoms with E-state index in [1.807, 2.05) is 37.8 Å². The van der Waals surface area contributed by atoms with Gasteiger partial charge in [0, 0.05) is 12.6 Å². The summed E-state index contributed by atoms with van der Waals surface area (Å²) in [5.41, 5.74) is 3.17. The predicted molar refractivity (Wildman–Crippen MR) is 95.6 cm³/mol. The van der Waals surface area contributed by atoms with Crippen molar-refractivity contribution in [1.29, 1.82) is 5.26 Å². The number of sulfone groups is 1. The monoisotopic (exact) mass is 359 g/mol. The van der Waals surface area contributed by atoms with Gasteiger partial charge in [-0.25, -0.2) is 8.42 Å². The Labute approximate surface area is 147 Å². The molecule has 1 unspecified atom stereocenters. The quantitative estimate of drug-likeness (QED) is 0.826. The number of nitrogens with zero attached hydrogens (tertiary/aromatic N) is 5. The molecule has 0 N–H and O–H groups in total. The van der Waals surface area contributed by atoms with Crippen molar-refractivity contribution in [1.82, 2.24) is 15.0 Å². The number of hydrogen-bond donors (Lipinski definition) is 0. The summed E-state index contributed by atoms with van der Waals surface area (Å²) >= 11 is 0. The van der Waals surface area contributed by atoms with Gasteiger partial charge in [-0.05, 0) is 50.5 Å². The lowest BCUT2D eigenvalue weighted by Gasteiger charge is -2.26. The van der Waals surface area contributed by atoms with Crippen LogP contribution in [0.1, 0.15) is 30.2 Å². The van der Waals surface area contributed by atoms with Gasteiger partial charge in [-0.1, -0.05) is 6.07 Å². The third-order valence-corrected chi connectivity index (χ3v) is 6.15. The predicted octanol–water partition coefficient (Wildman–Crippen LogP) is 1.77. The van der Waals surface area contributed by atoms with Crippen LogP contribution in [0.2, 0.25) is 0 Å². The van der Waals surface area contributed by atoms with Gasteiger partial charge in [0.05, 0.1) is 17.2 Å². The summed E-state index contributed by atoms with van der Waals surface area (Å²) < 4.78 is 23.6. The minimum atomic E-state index is -3.01. The molecule has 0 bridgehead atoms. The number of aryl methyl sites for hydroxylation is 2. The summed E-state index contributed by atoms with van der Waals surface area (Å²) in [5, 5.41) is 18.3. The molecular weight excluding hydrogens is 338 g/mol. The number of rotatable bonds is 4. The Hall–Kier alpha value is -2.40. The van der Waals surface area contributed by atoms with Gasteiger partial charge < -0.3 is 4.90 Å². The van der Waals surface area contributed by atoms with E-state index in [-0.39, 0.29) is 23.2 Å². The van der Waals surface area contributed by atoms with Crippen molar-refractivity contribution in [2.45, 2.75) is 33.2 Å². The molecule has 0 saturated carbocycles. The summed E-state index contributed by atoms with van der Waals surface area (Å²) in [4.78, 5) is 3.34. The summed E-state index contributed by atoms with van der Waals surface area (Å²) in [6, 6.07) is 7.89. The molecule has 1 atom stereocenters. The van der Waals surface area contributed by atoms with E-state index in [0.29, 0.717) is 18.8 Å². The fourth-order valence-electron chi connectivity index (χ4n) is 3.35. The van der Waals surface area contributed by atoms with E-state index in [1.165, 1.54) is 4.80 Å². The molecule has 25 heavy (non-hydrogen) atoms. The minimum absolute atomic E-state index is 0.0993. The molecule has 7 nitrogen and oxygen atoms in total. The largest absolute Gasteiger partial charge is 0.349 e. The average molecular weight is 359 g/mol. The van der Waals surface area contributed by atoms with E-state index in [0.717, 1.165) is 16.8 Å². The molecule has 0 spiro atoms. The maximum Gasteiger partial charge on any atom is 0.207 e. The summed E-state index contributed by atoms with van der Waals surface area (Å²) in [6.45, 7) is 6.49. The van der Waals surface area contributed by atoms with Gasteiger partial charge in [0.15, 0.2) is 15.7 Å². The Morgan fingerprint density at radius 2 is 1.96 bits per heavy atom. The van der Waals surface area contributed by atoms with Gasteiger partial charge >= 0.3 is 0 Å². The fourth-order valence-corrected chi connectivity index (χ4v) is 5.08. The zero-order chi connectivity index (χ0) is 18.2. The van der Waals surface area contributed by atoms with E-state index in [2.05, 4.69) is 22.3 Å². The van der Waals surface area contributed by atoms with E-state index in [9.17, 15) is 13.7 Å². The number of aromatic nitrogens is 3. The lowest BCUT2D eigenvalue weighted by atomic mass is 10.1. The van der Waals surface area contributed by atoms with E-state index >= 15 is 0 Å². The molecule has 8 heteroatoms. The van der Waals surface area contributed by atoms with Crippen LogP contribution in [0.5, 0.6) is 0 Å². The number of hydrogen-bond acceptors (Lipinski definition) is 6. The van der Waals surface area contributed by atoms with Crippen molar-refractivity contribution in [2.24, 2.45) is 0 Å². The first kappa shape index (κ1) is 17.4. The first-order valence-corrected chi connectivity index (χ1v) is 10.1. The first-order chi connectivity index (χ1) is 11.8. The van der Waals surface area contributed by atoms with Crippen molar-refractivity contribution in [2.75, 3.05) is 23.0 Å². The molecule has 1 aliphatic heterocycles. The molecule has 1 fully saturated rings. The molecule has 1 aliphatic rings. The van der Waals surface area contributed by atoms with E-state index in [4.69, 9.17) is 0 Å². The van der Waals surface area contributed by atoms with Crippen molar-refractivity contribution in [3.8, 4) is 11.8 Å². The number of nitriles is 1. The van der Waals surface area contributed by atoms with Crippen LogP contribution in [-0.2, 0) is 9.84 Å². The van der Waals surface area contributed by atoms with E-state index < -0.39 is 9.84 Å². The van der Waals surface area contributed by atoms with Crippen LogP contribution >= 0.6 is 0 Å². The minimum Gasteiger partial charge on any atom is -0.349 e. The second-order valence-corrected chi connectivity index (χ2v) is 8.69. The van der Waals surface area contributed by atoms with Crippen LogP contribution in [-0.4, -0.2) is 47.5 Å². The Morgan fingerprint density at radius 1 is 1.28 bits per heavy atom. The van der Waals surface area contributed by atoms with Gasteiger partial charge in [0.2, 0.25) is 5.69 Å². The SMILES string of the molecule is CCN(c1nn(-c2cc(C)cc(C)c2)nc1C#N)C1CCS(=O)(=O)C1. The lowest BCUT2D eigenvalue weighted by molar-refractivity contribution is 0.599. The molecule has 1 aromatic heterocycles. The topological polar surface area (TPSA) is 91.9 Å². The molecule has 1 aromatic carbocycles. The highest BCUT2D eigenvalue weighted by atomic mass is 32.2. The normalized spacial score (nSPS) is 18.9. The summed E-state index contributed by atoms with van der Waals surface area (Å²) in [6.07, 6.45) is 0.553. The Kier molecular flexibility index (Phi) is 4.52. The zero-order valence-electron chi connectivity index (χ0n) is 14.6. The van der Waals surface area contributed by atoms with Crippen molar-refractivity contribution >= 4 is 15.7 Å². The zero-order valence-corrected chi connectivity index (χ0v) is 15.4. The average Bonchev–Trinajstić information content (AvgIpc) is 3.11. The second kappa shape index (κ2) is 6.48. The van der Waals surface area contributed by atoms with Gasteiger partial charge in [0.1, 0.15) is 6.07 Å². The maximum absolute atomic E-state index is 11.8. The number of anilines is 1. The van der Waals surface area contributed by atoms with Crippen LogP contribution < -0.4 is 4.90 Å². The third kappa shape index (κ3) is 3.51. The summed E-state index contributed by atoms with van der Waals surface area (Å²) in [5.74, 6) is 0.731. The van der Waals surface area contributed by atoms with Crippen molar-refractivity contribution in [3.63, 3.8) is 0 Å². The van der Waals surface area contributed by atoms with Crippen LogP contribution in [0.4, 0.5) is 5.82 Å². The molecular formula is C17H21N5O2S. The smallest absolute Gasteiger partial charge is 0.207 e.